The summed E-state index contributed by atoms with van der Waals surface area (Å²) in [4.78, 5) is 0. The van der Waals surface area contributed by atoms with Crippen molar-refractivity contribution in [1.82, 2.24) is 0 Å². The van der Waals surface area contributed by atoms with Crippen molar-refractivity contribution in [3.8, 4) is 11.1 Å². The van der Waals surface area contributed by atoms with E-state index in [1.807, 2.05) is 0 Å². The smallest absolute Gasteiger partial charge is 0.134 e. The van der Waals surface area contributed by atoms with Gasteiger partial charge in [-0.05, 0) is 72.6 Å². The standard InChI is InChI=1S/C20H21F3/c1-12-3-5-14(6-4-12)16-10-18(22)20(19(23)11-16)15-7-8-17(21)13(2)9-15/h7-12,14H,3-6H2,1-2H3. The molecule has 1 aliphatic rings. The van der Waals surface area contributed by atoms with Crippen LogP contribution in [0.2, 0.25) is 0 Å². The fourth-order valence-electron chi connectivity index (χ4n) is 3.50. The first-order valence-electron chi connectivity index (χ1n) is 8.21. The molecule has 3 heteroatoms. The maximum Gasteiger partial charge on any atom is 0.134 e. The van der Waals surface area contributed by atoms with E-state index >= 15 is 0 Å². The van der Waals surface area contributed by atoms with Crippen LogP contribution in [0.5, 0.6) is 0 Å². The molecule has 0 amide bonds. The molecule has 0 radical (unpaired) electrons. The minimum absolute atomic E-state index is 0.0685. The largest absolute Gasteiger partial charge is 0.207 e. The van der Waals surface area contributed by atoms with Crippen LogP contribution in [0.25, 0.3) is 11.1 Å². The van der Waals surface area contributed by atoms with Crippen molar-refractivity contribution < 1.29 is 13.2 Å². The highest BCUT2D eigenvalue weighted by molar-refractivity contribution is 5.66. The second-order valence-corrected chi connectivity index (χ2v) is 6.78. The van der Waals surface area contributed by atoms with Crippen LogP contribution in [0.1, 0.15) is 49.7 Å². The van der Waals surface area contributed by atoms with Gasteiger partial charge < -0.3 is 0 Å². The normalized spacial score (nSPS) is 21.4. The maximum atomic E-state index is 14.5. The van der Waals surface area contributed by atoms with E-state index in [2.05, 4.69) is 6.92 Å². The summed E-state index contributed by atoms with van der Waals surface area (Å²) in [5.41, 5.74) is 1.44. The van der Waals surface area contributed by atoms with Crippen molar-refractivity contribution >= 4 is 0 Å². The first-order chi connectivity index (χ1) is 11.0. The summed E-state index contributed by atoms with van der Waals surface area (Å²) in [6.07, 6.45) is 4.17. The summed E-state index contributed by atoms with van der Waals surface area (Å²) in [5, 5.41) is 0. The Hall–Kier alpha value is -1.77. The summed E-state index contributed by atoms with van der Waals surface area (Å²) in [5.74, 6) is -0.571. The molecule has 0 spiro atoms. The summed E-state index contributed by atoms with van der Waals surface area (Å²) in [7, 11) is 0. The lowest BCUT2D eigenvalue weighted by atomic mass is 9.79. The SMILES string of the molecule is Cc1cc(-c2c(F)cc(C3CCC(C)CC3)cc2F)ccc1F. The highest BCUT2D eigenvalue weighted by atomic mass is 19.1. The van der Waals surface area contributed by atoms with Gasteiger partial charge in [0.25, 0.3) is 0 Å². The van der Waals surface area contributed by atoms with Gasteiger partial charge in [-0.25, -0.2) is 13.2 Å². The van der Waals surface area contributed by atoms with Gasteiger partial charge in [-0.1, -0.05) is 25.8 Å². The van der Waals surface area contributed by atoms with Crippen LogP contribution in [-0.4, -0.2) is 0 Å². The van der Waals surface area contributed by atoms with E-state index in [1.54, 1.807) is 6.92 Å². The molecule has 0 heterocycles. The Kier molecular flexibility index (Phi) is 4.47. The van der Waals surface area contributed by atoms with E-state index < -0.39 is 11.6 Å². The van der Waals surface area contributed by atoms with Gasteiger partial charge in [-0.2, -0.15) is 0 Å². The molecule has 2 aromatic rings. The Morgan fingerprint density at radius 1 is 0.826 bits per heavy atom. The lowest BCUT2D eigenvalue weighted by Gasteiger charge is -2.26. The van der Waals surface area contributed by atoms with Crippen LogP contribution in [0, 0.1) is 30.3 Å². The number of hydrogen-bond acceptors (Lipinski definition) is 0. The van der Waals surface area contributed by atoms with Gasteiger partial charge in [-0.3, -0.25) is 0 Å². The van der Waals surface area contributed by atoms with Crippen molar-refractivity contribution in [2.24, 2.45) is 5.92 Å². The van der Waals surface area contributed by atoms with E-state index in [1.165, 1.54) is 30.3 Å². The molecule has 2 aromatic carbocycles. The van der Waals surface area contributed by atoms with Gasteiger partial charge in [0.1, 0.15) is 17.5 Å². The van der Waals surface area contributed by atoms with E-state index in [0.29, 0.717) is 17.0 Å². The summed E-state index contributed by atoms with van der Waals surface area (Å²) >= 11 is 0. The third kappa shape index (κ3) is 3.29. The maximum absolute atomic E-state index is 14.5. The minimum Gasteiger partial charge on any atom is -0.207 e. The van der Waals surface area contributed by atoms with Crippen molar-refractivity contribution in [1.29, 1.82) is 0 Å². The van der Waals surface area contributed by atoms with Crippen LogP contribution < -0.4 is 0 Å². The molecule has 122 valence electrons. The van der Waals surface area contributed by atoms with Crippen LogP contribution >= 0.6 is 0 Å². The Morgan fingerprint density at radius 2 is 1.43 bits per heavy atom. The molecule has 0 bridgehead atoms. The highest BCUT2D eigenvalue weighted by Crippen LogP contribution is 2.38. The average molecular weight is 318 g/mol. The molecule has 0 nitrogen and oxygen atoms in total. The first kappa shape index (κ1) is 16.1. The molecule has 0 saturated heterocycles. The van der Waals surface area contributed by atoms with E-state index in [0.717, 1.165) is 31.2 Å². The third-order valence-corrected chi connectivity index (χ3v) is 5.00. The predicted octanol–water partition coefficient (Wildman–Crippen LogP) is 6.37. The molecule has 23 heavy (non-hydrogen) atoms. The Balaban J connectivity index is 1.95. The number of hydrogen-bond donors (Lipinski definition) is 0. The molecule has 0 aliphatic heterocycles. The monoisotopic (exact) mass is 318 g/mol. The highest BCUT2D eigenvalue weighted by Gasteiger charge is 2.22. The molecule has 0 aromatic heterocycles. The zero-order valence-corrected chi connectivity index (χ0v) is 13.5. The van der Waals surface area contributed by atoms with Crippen LogP contribution in [0.15, 0.2) is 30.3 Å². The minimum atomic E-state index is -0.565. The van der Waals surface area contributed by atoms with Gasteiger partial charge in [0.05, 0.1) is 5.56 Å². The van der Waals surface area contributed by atoms with Crippen LogP contribution in [-0.2, 0) is 0 Å². The zero-order valence-electron chi connectivity index (χ0n) is 13.5. The molecule has 1 fully saturated rings. The zero-order chi connectivity index (χ0) is 16.6. The number of halogens is 3. The third-order valence-electron chi connectivity index (χ3n) is 5.00. The molecule has 0 atom stereocenters. The van der Waals surface area contributed by atoms with Gasteiger partial charge >= 0.3 is 0 Å². The average Bonchev–Trinajstić information content (AvgIpc) is 2.51. The molecule has 0 N–H and O–H groups in total. The van der Waals surface area contributed by atoms with Crippen molar-refractivity contribution in [2.45, 2.75) is 45.4 Å². The second-order valence-electron chi connectivity index (χ2n) is 6.78. The summed E-state index contributed by atoms with van der Waals surface area (Å²) < 4.78 is 42.4. The molecule has 1 saturated carbocycles. The number of aryl methyl sites for hydroxylation is 1. The quantitative estimate of drug-likeness (QED) is 0.603. The Morgan fingerprint density at radius 3 is 2.00 bits per heavy atom. The molecule has 0 unspecified atom stereocenters. The van der Waals surface area contributed by atoms with E-state index in [4.69, 9.17) is 0 Å². The predicted molar refractivity (Wildman–Crippen MR) is 86.9 cm³/mol. The second kappa shape index (κ2) is 6.38. The van der Waals surface area contributed by atoms with Crippen LogP contribution in [0.4, 0.5) is 13.2 Å². The fraction of sp³-hybridized carbons (Fsp3) is 0.400. The molecule has 1 aliphatic carbocycles. The number of benzene rings is 2. The summed E-state index contributed by atoms with van der Waals surface area (Å²) in [6.45, 7) is 3.81. The van der Waals surface area contributed by atoms with Gasteiger partial charge in [-0.15, -0.1) is 0 Å². The lowest BCUT2D eigenvalue weighted by Crippen LogP contribution is -2.11. The van der Waals surface area contributed by atoms with Gasteiger partial charge in [0, 0.05) is 0 Å². The topological polar surface area (TPSA) is 0 Å². The molecular formula is C20H21F3. The Bertz CT molecular complexity index is 690. The van der Waals surface area contributed by atoms with E-state index in [-0.39, 0.29) is 17.3 Å². The van der Waals surface area contributed by atoms with Crippen molar-refractivity contribution in [2.75, 3.05) is 0 Å². The van der Waals surface area contributed by atoms with Crippen LogP contribution in [0.3, 0.4) is 0 Å². The van der Waals surface area contributed by atoms with Crippen molar-refractivity contribution in [3.63, 3.8) is 0 Å². The first-order valence-corrected chi connectivity index (χ1v) is 8.21. The van der Waals surface area contributed by atoms with Gasteiger partial charge in [0.15, 0.2) is 0 Å². The van der Waals surface area contributed by atoms with Crippen molar-refractivity contribution in [3.05, 3.63) is 58.9 Å². The Labute approximate surface area is 135 Å². The molecular weight excluding hydrogens is 297 g/mol. The fourth-order valence-corrected chi connectivity index (χ4v) is 3.50. The lowest BCUT2D eigenvalue weighted by molar-refractivity contribution is 0.346. The number of rotatable bonds is 2. The van der Waals surface area contributed by atoms with E-state index in [9.17, 15) is 13.2 Å². The molecule has 3 rings (SSSR count). The summed E-state index contributed by atoms with van der Waals surface area (Å²) in [6, 6.07) is 7.07. The van der Waals surface area contributed by atoms with Gasteiger partial charge in [0.2, 0.25) is 0 Å².